The van der Waals surface area contributed by atoms with Crippen LogP contribution in [0.15, 0.2) is 24.3 Å². The van der Waals surface area contributed by atoms with Gasteiger partial charge in [0.05, 0.1) is 0 Å². The minimum absolute atomic E-state index is 0.0295. The Morgan fingerprint density at radius 1 is 1.53 bits per heavy atom. The summed E-state index contributed by atoms with van der Waals surface area (Å²) in [5.41, 5.74) is 0.555. The van der Waals surface area contributed by atoms with E-state index in [1.807, 2.05) is 0 Å². The molecule has 0 aliphatic rings. The summed E-state index contributed by atoms with van der Waals surface area (Å²) < 4.78 is 14.3. The first-order valence-electron chi connectivity index (χ1n) is 5.06. The fourth-order valence-electron chi connectivity index (χ4n) is 1.58. The number of carboxylic acid groups (broad SMARTS) is 1. The molecule has 0 aliphatic carbocycles. The molecule has 1 heterocycles. The number of rotatable bonds is 3. The summed E-state index contributed by atoms with van der Waals surface area (Å²) >= 11 is 0. The maximum absolute atomic E-state index is 13.1. The number of hydrogen-bond acceptors (Lipinski definition) is 3. The van der Waals surface area contributed by atoms with Gasteiger partial charge >= 0.3 is 5.97 Å². The van der Waals surface area contributed by atoms with Crippen LogP contribution in [0.5, 0.6) is 0 Å². The Kier molecular flexibility index (Phi) is 2.86. The molecule has 17 heavy (non-hydrogen) atoms. The van der Waals surface area contributed by atoms with Gasteiger partial charge in [-0.15, -0.1) is 5.10 Å². The van der Waals surface area contributed by atoms with Gasteiger partial charge in [-0.1, -0.05) is 17.3 Å². The van der Waals surface area contributed by atoms with Gasteiger partial charge in [-0.25, -0.2) is 13.9 Å². The van der Waals surface area contributed by atoms with Crippen LogP contribution in [0.2, 0.25) is 0 Å². The topological polar surface area (TPSA) is 68.0 Å². The van der Waals surface area contributed by atoms with Gasteiger partial charge in [-0.3, -0.25) is 0 Å². The third-order valence-electron chi connectivity index (χ3n) is 2.34. The highest BCUT2D eigenvalue weighted by Gasteiger charge is 2.20. The van der Waals surface area contributed by atoms with Crippen molar-refractivity contribution in [2.75, 3.05) is 0 Å². The predicted molar refractivity (Wildman–Crippen MR) is 58.0 cm³/mol. The fraction of sp³-hybridized carbons (Fsp3) is 0.182. The van der Waals surface area contributed by atoms with Gasteiger partial charge in [-0.05, 0) is 19.1 Å². The zero-order chi connectivity index (χ0) is 12.4. The molecule has 0 atom stereocenters. The molecule has 5 nitrogen and oxygen atoms in total. The summed E-state index contributed by atoms with van der Waals surface area (Å²) in [6.45, 7) is 2.15. The van der Waals surface area contributed by atoms with Crippen molar-refractivity contribution in [3.63, 3.8) is 0 Å². The number of benzene rings is 1. The van der Waals surface area contributed by atoms with Gasteiger partial charge in [0.25, 0.3) is 0 Å². The summed E-state index contributed by atoms with van der Waals surface area (Å²) in [5, 5.41) is 16.6. The molecule has 0 saturated heterocycles. The Morgan fingerprint density at radius 3 is 2.88 bits per heavy atom. The number of aryl methyl sites for hydroxylation is 1. The second-order valence-electron chi connectivity index (χ2n) is 3.42. The zero-order valence-electron chi connectivity index (χ0n) is 9.09. The maximum atomic E-state index is 13.1. The first-order valence-corrected chi connectivity index (χ1v) is 5.06. The molecule has 0 saturated carbocycles. The predicted octanol–water partition coefficient (Wildman–Crippen LogP) is 1.80. The van der Waals surface area contributed by atoms with Crippen LogP contribution in [0, 0.1) is 5.82 Å². The Hall–Kier alpha value is -2.24. The van der Waals surface area contributed by atoms with Crippen LogP contribution in [0.25, 0.3) is 11.3 Å². The third kappa shape index (κ3) is 2.01. The fourth-order valence-corrected chi connectivity index (χ4v) is 1.58. The highest BCUT2D eigenvalue weighted by Crippen LogP contribution is 2.21. The van der Waals surface area contributed by atoms with Crippen LogP contribution in [0.4, 0.5) is 4.39 Å². The van der Waals surface area contributed by atoms with Crippen molar-refractivity contribution >= 4 is 5.97 Å². The average molecular weight is 235 g/mol. The van der Waals surface area contributed by atoms with E-state index in [0.29, 0.717) is 12.1 Å². The van der Waals surface area contributed by atoms with Crippen molar-refractivity contribution in [3.05, 3.63) is 35.8 Å². The lowest BCUT2D eigenvalue weighted by molar-refractivity contribution is 0.0684. The number of hydrogen-bond donors (Lipinski definition) is 1. The SMILES string of the molecule is CCn1nnc(-c2cccc(F)c2)c1C(=O)O. The average Bonchev–Trinajstić information content (AvgIpc) is 2.72. The molecule has 0 aliphatic heterocycles. The van der Waals surface area contributed by atoms with Crippen molar-refractivity contribution in [3.8, 4) is 11.3 Å². The van der Waals surface area contributed by atoms with Gasteiger partial charge in [0, 0.05) is 12.1 Å². The number of carboxylic acids is 1. The third-order valence-corrected chi connectivity index (χ3v) is 2.34. The van der Waals surface area contributed by atoms with Crippen LogP contribution >= 0.6 is 0 Å². The molecule has 1 N–H and O–H groups in total. The molecule has 2 rings (SSSR count). The molecule has 0 fully saturated rings. The van der Waals surface area contributed by atoms with Crippen molar-refractivity contribution in [2.24, 2.45) is 0 Å². The second-order valence-corrected chi connectivity index (χ2v) is 3.42. The number of aromatic carboxylic acids is 1. The van der Waals surface area contributed by atoms with Crippen LogP contribution in [-0.4, -0.2) is 26.1 Å². The van der Waals surface area contributed by atoms with E-state index in [0.717, 1.165) is 0 Å². The van der Waals surface area contributed by atoms with Crippen LogP contribution in [-0.2, 0) is 6.54 Å². The molecule has 0 bridgehead atoms. The molecule has 0 amide bonds. The van der Waals surface area contributed by atoms with Crippen LogP contribution < -0.4 is 0 Å². The standard InChI is InChI=1S/C11H10FN3O2/c1-2-15-10(11(16)17)9(13-14-15)7-4-3-5-8(12)6-7/h3-6H,2H2,1H3,(H,16,17). The molecule has 1 aromatic heterocycles. The minimum Gasteiger partial charge on any atom is -0.476 e. The van der Waals surface area contributed by atoms with Crippen molar-refractivity contribution < 1.29 is 14.3 Å². The van der Waals surface area contributed by atoms with Crippen LogP contribution in [0.1, 0.15) is 17.4 Å². The molecule has 88 valence electrons. The summed E-state index contributed by atoms with van der Waals surface area (Å²) in [6, 6.07) is 5.62. The number of aromatic nitrogens is 3. The van der Waals surface area contributed by atoms with E-state index in [2.05, 4.69) is 10.3 Å². The Balaban J connectivity index is 2.60. The van der Waals surface area contributed by atoms with Gasteiger partial charge in [0.1, 0.15) is 11.5 Å². The largest absolute Gasteiger partial charge is 0.476 e. The van der Waals surface area contributed by atoms with Crippen molar-refractivity contribution in [1.82, 2.24) is 15.0 Å². The Bertz CT molecular complexity index is 566. The van der Waals surface area contributed by atoms with Gasteiger partial charge in [-0.2, -0.15) is 0 Å². The maximum Gasteiger partial charge on any atom is 0.356 e. The smallest absolute Gasteiger partial charge is 0.356 e. The van der Waals surface area contributed by atoms with Crippen molar-refractivity contribution in [1.29, 1.82) is 0 Å². The van der Waals surface area contributed by atoms with E-state index in [1.54, 1.807) is 13.0 Å². The number of carbonyl (C=O) groups is 1. The molecule has 0 unspecified atom stereocenters. The van der Waals surface area contributed by atoms with Crippen molar-refractivity contribution in [2.45, 2.75) is 13.5 Å². The quantitative estimate of drug-likeness (QED) is 0.880. The second kappa shape index (κ2) is 4.32. The molecule has 1 aromatic carbocycles. The Morgan fingerprint density at radius 2 is 2.29 bits per heavy atom. The van der Waals surface area contributed by atoms with Gasteiger partial charge < -0.3 is 5.11 Å². The molecular formula is C11H10FN3O2. The highest BCUT2D eigenvalue weighted by atomic mass is 19.1. The Labute approximate surface area is 96.5 Å². The molecule has 0 spiro atoms. The number of nitrogens with zero attached hydrogens (tertiary/aromatic N) is 3. The first-order chi connectivity index (χ1) is 8.13. The van der Waals surface area contributed by atoms with E-state index >= 15 is 0 Å². The molecule has 2 aromatic rings. The molecular weight excluding hydrogens is 225 g/mol. The molecule has 6 heteroatoms. The lowest BCUT2D eigenvalue weighted by atomic mass is 10.1. The lowest BCUT2D eigenvalue weighted by Crippen LogP contribution is -2.09. The lowest BCUT2D eigenvalue weighted by Gasteiger charge is -2.01. The monoisotopic (exact) mass is 235 g/mol. The first kappa shape index (κ1) is 11.3. The minimum atomic E-state index is -1.13. The summed E-state index contributed by atoms with van der Waals surface area (Å²) in [4.78, 5) is 11.1. The van der Waals surface area contributed by atoms with E-state index in [1.165, 1.54) is 22.9 Å². The summed E-state index contributed by atoms with van der Waals surface area (Å²) in [5.74, 6) is -1.57. The summed E-state index contributed by atoms with van der Waals surface area (Å²) in [6.07, 6.45) is 0. The normalized spacial score (nSPS) is 10.5. The highest BCUT2D eigenvalue weighted by molar-refractivity contribution is 5.92. The summed E-state index contributed by atoms with van der Waals surface area (Å²) in [7, 11) is 0. The zero-order valence-corrected chi connectivity index (χ0v) is 9.09. The van der Waals surface area contributed by atoms with Gasteiger partial charge in [0.15, 0.2) is 5.69 Å². The van der Waals surface area contributed by atoms with E-state index in [9.17, 15) is 9.18 Å². The van der Waals surface area contributed by atoms with E-state index in [4.69, 9.17) is 5.11 Å². The van der Waals surface area contributed by atoms with Gasteiger partial charge in [0.2, 0.25) is 0 Å². The molecule has 0 radical (unpaired) electrons. The van der Waals surface area contributed by atoms with E-state index < -0.39 is 11.8 Å². The van der Waals surface area contributed by atoms with Crippen LogP contribution in [0.3, 0.4) is 0 Å². The van der Waals surface area contributed by atoms with E-state index in [-0.39, 0.29) is 11.4 Å². The number of halogens is 1.